The Hall–Kier alpha value is -0.930. The van der Waals surface area contributed by atoms with Crippen LogP contribution in [0.2, 0.25) is 0 Å². The molecule has 2 aliphatic heterocycles. The normalized spacial score (nSPS) is 28.5. The van der Waals surface area contributed by atoms with E-state index in [9.17, 15) is 8.42 Å². The Morgan fingerprint density at radius 2 is 1.91 bits per heavy atom. The molecule has 0 unspecified atom stereocenters. The number of aryl methyl sites for hydroxylation is 1. The maximum Gasteiger partial charge on any atom is 0.282 e. The first-order valence-corrected chi connectivity index (χ1v) is 9.41. The van der Waals surface area contributed by atoms with Crippen molar-refractivity contribution in [3.8, 4) is 0 Å². The number of rotatable bonds is 4. The first kappa shape index (κ1) is 16.9. The van der Waals surface area contributed by atoms with Crippen molar-refractivity contribution in [1.29, 1.82) is 0 Å². The molecule has 0 aromatic carbocycles. The molecule has 0 saturated carbocycles. The summed E-state index contributed by atoms with van der Waals surface area (Å²) in [6.07, 6.45) is 1.62. The van der Waals surface area contributed by atoms with Gasteiger partial charge in [-0.2, -0.15) is 17.0 Å². The molecule has 0 spiro atoms. The van der Waals surface area contributed by atoms with Gasteiger partial charge in [0.25, 0.3) is 10.2 Å². The Labute approximate surface area is 137 Å². The Balaban J connectivity index is 1.69. The lowest BCUT2D eigenvalue weighted by molar-refractivity contribution is 0.0593. The highest BCUT2D eigenvalue weighted by atomic mass is 32.2. The monoisotopic (exact) mass is 343 g/mol. The topological polar surface area (TPSA) is 89.0 Å². The van der Waals surface area contributed by atoms with Crippen LogP contribution in [-0.4, -0.2) is 62.5 Å². The molecule has 3 heterocycles. The van der Waals surface area contributed by atoms with Gasteiger partial charge in [0.05, 0.1) is 6.10 Å². The van der Waals surface area contributed by atoms with Gasteiger partial charge >= 0.3 is 0 Å². The third kappa shape index (κ3) is 3.32. The summed E-state index contributed by atoms with van der Waals surface area (Å²) in [4.78, 5) is 0. The Morgan fingerprint density at radius 1 is 1.22 bits per heavy atom. The van der Waals surface area contributed by atoms with E-state index in [0.717, 1.165) is 24.4 Å². The van der Waals surface area contributed by atoms with Crippen molar-refractivity contribution in [3.63, 3.8) is 0 Å². The number of ether oxygens (including phenoxy) is 1. The highest BCUT2D eigenvalue weighted by Gasteiger charge is 2.42. The molecule has 2 saturated heterocycles. The summed E-state index contributed by atoms with van der Waals surface area (Å²) in [6.45, 7) is 3.57. The van der Waals surface area contributed by atoms with Gasteiger partial charge in [0.1, 0.15) is 11.5 Å². The van der Waals surface area contributed by atoms with Crippen LogP contribution in [0.1, 0.15) is 30.3 Å². The number of nitrogens with two attached hydrogens (primary N) is 1. The molecule has 2 N–H and O–H groups in total. The Morgan fingerprint density at radius 3 is 2.48 bits per heavy atom. The second-order valence-electron chi connectivity index (χ2n) is 6.38. The first-order chi connectivity index (χ1) is 10.9. The quantitative estimate of drug-likeness (QED) is 0.868. The maximum atomic E-state index is 12.8. The van der Waals surface area contributed by atoms with Crippen LogP contribution in [0.3, 0.4) is 0 Å². The zero-order chi connectivity index (χ0) is 16.6. The molecule has 2 fully saturated rings. The predicted octanol–water partition coefficient (Wildman–Crippen LogP) is 0.670. The summed E-state index contributed by atoms with van der Waals surface area (Å²) in [7, 11) is -1.80. The van der Waals surface area contributed by atoms with Crippen LogP contribution in [0.25, 0.3) is 0 Å². The van der Waals surface area contributed by atoms with Gasteiger partial charge in [0.15, 0.2) is 0 Å². The van der Waals surface area contributed by atoms with E-state index in [1.165, 1.54) is 4.31 Å². The smallest absolute Gasteiger partial charge is 0.282 e. The predicted molar refractivity (Wildman–Crippen MR) is 86.3 cm³/mol. The Bertz CT molecular complexity index is 637. The molecular weight excluding hydrogens is 318 g/mol. The number of furan rings is 1. The second-order valence-corrected chi connectivity index (χ2v) is 8.31. The van der Waals surface area contributed by atoms with Crippen molar-refractivity contribution in [2.45, 2.75) is 37.8 Å². The number of nitrogens with zero attached hydrogens (tertiary/aromatic N) is 2. The summed E-state index contributed by atoms with van der Waals surface area (Å²) >= 11 is 0. The molecule has 0 bridgehead atoms. The number of methoxy groups -OCH3 is 1. The van der Waals surface area contributed by atoms with Crippen molar-refractivity contribution in [2.75, 3.05) is 33.3 Å². The van der Waals surface area contributed by atoms with E-state index in [-0.39, 0.29) is 18.1 Å². The molecule has 7 nitrogen and oxygen atoms in total. The molecule has 2 aliphatic rings. The van der Waals surface area contributed by atoms with Gasteiger partial charge in [-0.15, -0.1) is 0 Å². The lowest BCUT2D eigenvalue weighted by atomic mass is 10.0. The summed E-state index contributed by atoms with van der Waals surface area (Å²) < 4.78 is 39.7. The van der Waals surface area contributed by atoms with E-state index >= 15 is 0 Å². The van der Waals surface area contributed by atoms with Gasteiger partial charge in [-0.05, 0) is 31.9 Å². The Kier molecular flexibility index (Phi) is 4.80. The molecule has 130 valence electrons. The van der Waals surface area contributed by atoms with Crippen molar-refractivity contribution < 1.29 is 17.6 Å². The molecular formula is C15H25N3O4S. The minimum atomic E-state index is -3.47. The third-order valence-corrected chi connectivity index (χ3v) is 6.81. The van der Waals surface area contributed by atoms with Crippen molar-refractivity contribution >= 4 is 10.2 Å². The van der Waals surface area contributed by atoms with Gasteiger partial charge in [-0.3, -0.25) is 0 Å². The molecule has 1 aromatic rings. The number of hydrogen-bond donors (Lipinski definition) is 1. The van der Waals surface area contributed by atoms with Gasteiger partial charge in [0, 0.05) is 45.2 Å². The van der Waals surface area contributed by atoms with Gasteiger partial charge in [0.2, 0.25) is 0 Å². The SMILES string of the molecule is COC1CCN(S(=O)(=O)N2C[C@@H](N)[C@H](c3ccc(C)o3)C2)CC1. The van der Waals surface area contributed by atoms with Crippen LogP contribution < -0.4 is 5.73 Å². The molecule has 1 aromatic heterocycles. The highest BCUT2D eigenvalue weighted by Crippen LogP contribution is 2.31. The lowest BCUT2D eigenvalue weighted by Gasteiger charge is -2.33. The summed E-state index contributed by atoms with van der Waals surface area (Å²) in [5.41, 5.74) is 6.18. The number of piperidine rings is 1. The minimum absolute atomic E-state index is 0.0880. The van der Waals surface area contributed by atoms with E-state index < -0.39 is 10.2 Å². The van der Waals surface area contributed by atoms with E-state index in [1.807, 2.05) is 19.1 Å². The zero-order valence-electron chi connectivity index (χ0n) is 13.6. The molecule has 2 atom stereocenters. The van der Waals surface area contributed by atoms with Gasteiger partial charge in [-0.1, -0.05) is 0 Å². The van der Waals surface area contributed by atoms with Crippen LogP contribution in [0.15, 0.2) is 16.5 Å². The summed E-state index contributed by atoms with van der Waals surface area (Å²) in [6, 6.07) is 3.53. The third-order valence-electron chi connectivity index (χ3n) is 4.85. The fraction of sp³-hybridized carbons (Fsp3) is 0.733. The van der Waals surface area contributed by atoms with Crippen molar-refractivity contribution in [2.24, 2.45) is 5.73 Å². The maximum absolute atomic E-state index is 12.8. The average Bonchev–Trinajstić information content (AvgIpc) is 3.13. The number of hydrogen-bond acceptors (Lipinski definition) is 5. The molecule has 0 radical (unpaired) electrons. The largest absolute Gasteiger partial charge is 0.466 e. The first-order valence-electron chi connectivity index (χ1n) is 8.01. The molecule has 0 aliphatic carbocycles. The fourth-order valence-electron chi connectivity index (χ4n) is 3.40. The fourth-order valence-corrected chi connectivity index (χ4v) is 5.10. The van der Waals surface area contributed by atoms with Crippen molar-refractivity contribution in [3.05, 3.63) is 23.7 Å². The van der Waals surface area contributed by atoms with E-state index in [0.29, 0.717) is 26.2 Å². The lowest BCUT2D eigenvalue weighted by Crippen LogP contribution is -2.47. The molecule has 0 amide bonds. The highest BCUT2D eigenvalue weighted by molar-refractivity contribution is 7.86. The van der Waals surface area contributed by atoms with E-state index in [2.05, 4.69) is 0 Å². The summed E-state index contributed by atoms with van der Waals surface area (Å²) in [5, 5.41) is 0. The van der Waals surface area contributed by atoms with E-state index in [1.54, 1.807) is 11.4 Å². The van der Waals surface area contributed by atoms with Crippen LogP contribution in [0, 0.1) is 6.92 Å². The molecule has 3 rings (SSSR count). The van der Waals surface area contributed by atoms with Crippen LogP contribution in [0.4, 0.5) is 0 Å². The average molecular weight is 343 g/mol. The van der Waals surface area contributed by atoms with Crippen LogP contribution >= 0.6 is 0 Å². The van der Waals surface area contributed by atoms with Gasteiger partial charge in [-0.25, -0.2) is 0 Å². The molecule has 23 heavy (non-hydrogen) atoms. The van der Waals surface area contributed by atoms with Crippen molar-refractivity contribution in [1.82, 2.24) is 8.61 Å². The van der Waals surface area contributed by atoms with E-state index in [4.69, 9.17) is 14.9 Å². The molecule has 8 heteroatoms. The standard InChI is InChI=1S/C15H25N3O4S/c1-11-3-4-15(22-11)13-9-18(10-14(13)16)23(19,20)17-7-5-12(21-2)6-8-17/h3-4,12-14H,5-10,16H2,1-2H3/t13-,14-/m1/s1. The minimum Gasteiger partial charge on any atom is -0.466 e. The van der Waals surface area contributed by atoms with Crippen LogP contribution in [0.5, 0.6) is 0 Å². The van der Waals surface area contributed by atoms with Gasteiger partial charge < -0.3 is 14.9 Å². The second kappa shape index (κ2) is 6.52. The summed E-state index contributed by atoms with van der Waals surface area (Å²) in [5.74, 6) is 1.50. The zero-order valence-corrected chi connectivity index (χ0v) is 14.5. The van der Waals surface area contributed by atoms with Crippen LogP contribution in [-0.2, 0) is 14.9 Å².